The van der Waals surface area contributed by atoms with Crippen molar-refractivity contribution in [2.45, 2.75) is 25.5 Å². The van der Waals surface area contributed by atoms with E-state index in [1.165, 1.54) is 6.07 Å². The van der Waals surface area contributed by atoms with Crippen LogP contribution in [-0.2, 0) is 11.0 Å². The third-order valence-corrected chi connectivity index (χ3v) is 4.33. The Labute approximate surface area is 124 Å². The Kier molecular flexibility index (Phi) is 3.87. The number of phenols is 1. The maximum atomic E-state index is 12.0. The number of nitrogens with one attached hydrogen (secondary N) is 2. The number of hydrogen-bond donors (Lipinski definition) is 3. The smallest absolute Gasteiger partial charge is 0.254 e. The van der Waals surface area contributed by atoms with Crippen molar-refractivity contribution in [3.63, 3.8) is 0 Å². The second-order valence-corrected chi connectivity index (χ2v) is 7.50. The minimum absolute atomic E-state index is 0.0131. The minimum Gasteiger partial charge on any atom is -0.506 e. The van der Waals surface area contributed by atoms with Gasteiger partial charge in [0.15, 0.2) is 0 Å². The first-order chi connectivity index (χ1) is 9.71. The fourth-order valence-corrected chi connectivity index (χ4v) is 2.25. The van der Waals surface area contributed by atoms with Gasteiger partial charge in [0.05, 0.1) is 10.4 Å². The average Bonchev–Trinajstić information content (AvgIpc) is 2.42. The van der Waals surface area contributed by atoms with Crippen molar-refractivity contribution in [1.82, 2.24) is 0 Å². The fraction of sp³-hybridized carbons (Fsp3) is 0.286. The molecule has 0 radical (unpaired) electrons. The van der Waals surface area contributed by atoms with Crippen molar-refractivity contribution in [2.24, 2.45) is 0 Å². The van der Waals surface area contributed by atoms with E-state index in [0.717, 1.165) is 0 Å². The largest absolute Gasteiger partial charge is 0.506 e. The lowest BCUT2D eigenvalue weighted by Gasteiger charge is -2.21. The molecule has 2 aromatic carbocycles. The van der Waals surface area contributed by atoms with Gasteiger partial charge in [0.1, 0.15) is 28.1 Å². The number of anilines is 3. The Balaban J connectivity index is 2.29. The van der Waals surface area contributed by atoms with Crippen LogP contribution in [0, 0.1) is 0 Å². The van der Waals surface area contributed by atoms with Gasteiger partial charge < -0.3 is 10.4 Å². The van der Waals surface area contributed by atoms with E-state index in [1.54, 1.807) is 39.0 Å². The van der Waals surface area contributed by atoms with Crippen molar-refractivity contribution in [2.75, 3.05) is 10.0 Å². The SMILES string of the molecule is CC(C)(C)S(=O)Nc1c(Nc2ccccc2O)c(=O)c1=O. The predicted molar refractivity (Wildman–Crippen MR) is 84.3 cm³/mol. The summed E-state index contributed by atoms with van der Waals surface area (Å²) in [6.45, 7) is 5.24. The normalized spacial score (nSPS) is 13.1. The summed E-state index contributed by atoms with van der Waals surface area (Å²) < 4.78 is 14.0. The lowest BCUT2D eigenvalue weighted by atomic mass is 10.2. The molecule has 0 aliphatic rings. The van der Waals surface area contributed by atoms with Gasteiger partial charge in [-0.3, -0.25) is 14.3 Å². The highest BCUT2D eigenvalue weighted by atomic mass is 32.2. The monoisotopic (exact) mass is 308 g/mol. The van der Waals surface area contributed by atoms with E-state index < -0.39 is 26.6 Å². The lowest BCUT2D eigenvalue weighted by molar-refractivity contribution is 0.478. The molecule has 0 saturated carbocycles. The molecule has 0 bridgehead atoms. The number of benzene rings is 1. The number of hydrogen-bond acceptors (Lipinski definition) is 5. The molecule has 1 unspecified atom stereocenters. The van der Waals surface area contributed by atoms with E-state index in [-0.39, 0.29) is 17.1 Å². The summed E-state index contributed by atoms with van der Waals surface area (Å²) >= 11 is 0. The molecule has 0 amide bonds. The molecule has 2 rings (SSSR count). The third kappa shape index (κ3) is 2.97. The highest BCUT2D eigenvalue weighted by Gasteiger charge is 2.27. The van der Waals surface area contributed by atoms with Crippen LogP contribution in [-0.4, -0.2) is 14.1 Å². The molecule has 3 N–H and O–H groups in total. The molecule has 0 heterocycles. The second-order valence-electron chi connectivity index (χ2n) is 5.53. The van der Waals surface area contributed by atoms with Crippen molar-refractivity contribution < 1.29 is 9.32 Å². The Morgan fingerprint density at radius 1 is 1.05 bits per heavy atom. The van der Waals surface area contributed by atoms with Gasteiger partial charge >= 0.3 is 0 Å². The Morgan fingerprint density at radius 3 is 2.19 bits per heavy atom. The Hall–Kier alpha value is -2.15. The van der Waals surface area contributed by atoms with Crippen LogP contribution in [0.5, 0.6) is 5.75 Å². The lowest BCUT2D eigenvalue weighted by Crippen LogP contribution is -2.39. The molecule has 0 saturated heterocycles. The number of rotatable bonds is 4. The number of phenolic OH excluding ortho intramolecular Hbond substituents is 1. The summed E-state index contributed by atoms with van der Waals surface area (Å²) in [5.41, 5.74) is -1.12. The van der Waals surface area contributed by atoms with E-state index in [4.69, 9.17) is 0 Å². The summed E-state index contributed by atoms with van der Waals surface area (Å²) in [5, 5.41) is 12.4. The summed E-state index contributed by atoms with van der Waals surface area (Å²) in [5.74, 6) is -0.0477. The molecule has 1 atom stereocenters. The Morgan fingerprint density at radius 2 is 1.62 bits per heavy atom. The van der Waals surface area contributed by atoms with Crippen molar-refractivity contribution in [3.8, 4) is 5.75 Å². The standard InChI is InChI=1S/C14H16N2O4S/c1-14(2,3)21(20)16-11-10(12(18)13(11)19)15-8-6-4-5-7-9(8)17/h4-7,15-17H,1-3H3. The molecule has 6 nitrogen and oxygen atoms in total. The van der Waals surface area contributed by atoms with Crippen LogP contribution < -0.4 is 20.9 Å². The van der Waals surface area contributed by atoms with Crippen LogP contribution >= 0.6 is 0 Å². The van der Waals surface area contributed by atoms with Crippen LogP contribution in [0.3, 0.4) is 0 Å². The van der Waals surface area contributed by atoms with E-state index >= 15 is 0 Å². The fourth-order valence-electron chi connectivity index (χ4n) is 1.57. The maximum Gasteiger partial charge on any atom is 0.254 e. The van der Waals surface area contributed by atoms with Crippen LogP contribution in [0.2, 0.25) is 0 Å². The van der Waals surface area contributed by atoms with Gasteiger partial charge in [0.25, 0.3) is 10.9 Å². The van der Waals surface area contributed by atoms with Crippen LogP contribution in [0.25, 0.3) is 0 Å². The molecule has 7 heteroatoms. The summed E-state index contributed by atoms with van der Waals surface area (Å²) in [4.78, 5) is 23.2. The van der Waals surface area contributed by atoms with Gasteiger partial charge in [-0.05, 0) is 32.9 Å². The van der Waals surface area contributed by atoms with Gasteiger partial charge in [-0.1, -0.05) is 12.1 Å². The Bertz CT molecular complexity index is 770. The number of aromatic hydroxyl groups is 1. The van der Waals surface area contributed by atoms with Crippen molar-refractivity contribution in [3.05, 3.63) is 44.7 Å². The number of para-hydroxylation sites is 2. The van der Waals surface area contributed by atoms with E-state index in [0.29, 0.717) is 5.69 Å². The molecule has 0 spiro atoms. The molecule has 0 aromatic heterocycles. The molecular weight excluding hydrogens is 292 g/mol. The zero-order chi connectivity index (χ0) is 15.8. The zero-order valence-corrected chi connectivity index (χ0v) is 12.7. The van der Waals surface area contributed by atoms with E-state index in [9.17, 15) is 18.9 Å². The van der Waals surface area contributed by atoms with Gasteiger partial charge in [-0.2, -0.15) is 0 Å². The topological polar surface area (TPSA) is 95.5 Å². The molecule has 0 fully saturated rings. The molecular formula is C14H16N2O4S. The van der Waals surface area contributed by atoms with Gasteiger partial charge in [-0.25, -0.2) is 4.21 Å². The quantitative estimate of drug-likeness (QED) is 0.589. The van der Waals surface area contributed by atoms with E-state index in [2.05, 4.69) is 10.0 Å². The minimum atomic E-state index is -1.52. The highest BCUT2D eigenvalue weighted by Crippen LogP contribution is 2.28. The third-order valence-electron chi connectivity index (χ3n) is 2.83. The maximum absolute atomic E-state index is 12.0. The molecule has 0 aliphatic heterocycles. The summed E-state index contributed by atoms with van der Waals surface area (Å²) in [6, 6.07) is 6.33. The molecule has 0 aliphatic carbocycles. The predicted octanol–water partition coefficient (Wildman–Crippen LogP) is 1.61. The van der Waals surface area contributed by atoms with Crippen molar-refractivity contribution in [1.29, 1.82) is 0 Å². The first-order valence-corrected chi connectivity index (χ1v) is 7.43. The van der Waals surface area contributed by atoms with Gasteiger partial charge in [0, 0.05) is 0 Å². The van der Waals surface area contributed by atoms with Gasteiger partial charge in [0.2, 0.25) is 0 Å². The van der Waals surface area contributed by atoms with Crippen molar-refractivity contribution >= 4 is 28.0 Å². The second kappa shape index (κ2) is 5.33. The first kappa shape index (κ1) is 15.2. The van der Waals surface area contributed by atoms with Crippen LogP contribution in [0.1, 0.15) is 20.8 Å². The van der Waals surface area contributed by atoms with E-state index in [1.807, 2.05) is 0 Å². The average molecular weight is 308 g/mol. The zero-order valence-electron chi connectivity index (χ0n) is 11.9. The molecule has 21 heavy (non-hydrogen) atoms. The first-order valence-electron chi connectivity index (χ1n) is 6.28. The van der Waals surface area contributed by atoms with Crippen LogP contribution in [0.15, 0.2) is 33.9 Å². The molecule has 112 valence electrons. The summed E-state index contributed by atoms with van der Waals surface area (Å²) in [7, 11) is -1.52. The highest BCUT2D eigenvalue weighted by molar-refractivity contribution is 7.87. The summed E-state index contributed by atoms with van der Waals surface area (Å²) in [6.07, 6.45) is 0. The van der Waals surface area contributed by atoms with Gasteiger partial charge in [-0.15, -0.1) is 0 Å². The van der Waals surface area contributed by atoms with Crippen LogP contribution in [0.4, 0.5) is 17.1 Å². The molecule has 2 aromatic rings.